The predicted molar refractivity (Wildman–Crippen MR) is 137 cm³/mol. The molecule has 3 aliphatic heterocycles. The molecule has 0 unspecified atom stereocenters. The molecule has 1 aromatic carbocycles. The lowest BCUT2D eigenvalue weighted by Crippen LogP contribution is -2.51. The summed E-state index contributed by atoms with van der Waals surface area (Å²) < 4.78 is 6.19. The van der Waals surface area contributed by atoms with Gasteiger partial charge in [-0.15, -0.1) is 0 Å². The highest BCUT2D eigenvalue weighted by atomic mass is 16.5. The SMILES string of the molecule is O=C(Nc1ccc(OC[C@@H]2CCCN3CCCC[C@H]23)cc1)N1CCN(CC2CCCCC2)CC1. The molecule has 3 heterocycles. The zero-order valence-corrected chi connectivity index (χ0v) is 20.9. The number of benzene rings is 1. The van der Waals surface area contributed by atoms with Crippen molar-refractivity contribution in [3.63, 3.8) is 0 Å². The molecule has 1 saturated carbocycles. The fraction of sp³-hybridized carbons (Fsp3) is 0.750. The first kappa shape index (κ1) is 23.9. The number of urea groups is 1. The number of ether oxygens (including phenoxy) is 1. The Morgan fingerprint density at radius 1 is 0.824 bits per heavy atom. The summed E-state index contributed by atoms with van der Waals surface area (Å²) in [7, 11) is 0. The van der Waals surface area contributed by atoms with Crippen molar-refractivity contribution in [1.82, 2.24) is 14.7 Å². The van der Waals surface area contributed by atoms with Crippen molar-refractivity contribution in [2.24, 2.45) is 11.8 Å². The van der Waals surface area contributed by atoms with Gasteiger partial charge >= 0.3 is 6.03 Å². The zero-order valence-electron chi connectivity index (χ0n) is 20.9. The first-order valence-corrected chi connectivity index (χ1v) is 14.0. The third-order valence-corrected chi connectivity index (χ3v) is 8.70. The van der Waals surface area contributed by atoms with Crippen LogP contribution in [0.1, 0.15) is 64.2 Å². The molecule has 6 nitrogen and oxygen atoms in total. The van der Waals surface area contributed by atoms with Gasteiger partial charge in [0.15, 0.2) is 0 Å². The van der Waals surface area contributed by atoms with Crippen molar-refractivity contribution in [1.29, 1.82) is 0 Å². The minimum atomic E-state index is 0.0191. The summed E-state index contributed by atoms with van der Waals surface area (Å²) in [5.41, 5.74) is 0.845. The molecule has 0 spiro atoms. The molecule has 1 aliphatic carbocycles. The summed E-state index contributed by atoms with van der Waals surface area (Å²) in [6.07, 6.45) is 13.6. The lowest BCUT2D eigenvalue weighted by Gasteiger charge is -2.44. The number of nitrogens with one attached hydrogen (secondary N) is 1. The number of amides is 2. The average Bonchev–Trinajstić information content (AvgIpc) is 2.89. The van der Waals surface area contributed by atoms with Crippen LogP contribution in [0.3, 0.4) is 0 Å². The molecule has 3 saturated heterocycles. The first-order chi connectivity index (χ1) is 16.7. The lowest BCUT2D eigenvalue weighted by atomic mass is 9.84. The summed E-state index contributed by atoms with van der Waals surface area (Å²) in [6, 6.07) is 8.67. The molecule has 1 aromatic rings. The van der Waals surface area contributed by atoms with Gasteiger partial charge in [0, 0.05) is 50.4 Å². The first-order valence-electron chi connectivity index (χ1n) is 14.0. The Morgan fingerprint density at radius 2 is 1.56 bits per heavy atom. The number of hydrogen-bond acceptors (Lipinski definition) is 4. The maximum atomic E-state index is 12.8. The summed E-state index contributed by atoms with van der Waals surface area (Å²) >= 11 is 0. The van der Waals surface area contributed by atoms with E-state index in [2.05, 4.69) is 15.1 Å². The molecule has 188 valence electrons. The number of piperidine rings is 2. The van der Waals surface area contributed by atoms with Crippen molar-refractivity contribution in [2.75, 3.05) is 57.7 Å². The number of rotatable bonds is 6. The Bertz CT molecular complexity index is 769. The van der Waals surface area contributed by atoms with Gasteiger partial charge < -0.3 is 15.0 Å². The maximum absolute atomic E-state index is 12.8. The predicted octanol–water partition coefficient (Wildman–Crippen LogP) is 5.06. The van der Waals surface area contributed by atoms with Crippen LogP contribution < -0.4 is 10.1 Å². The van der Waals surface area contributed by atoms with Crippen LogP contribution in [0, 0.1) is 11.8 Å². The maximum Gasteiger partial charge on any atom is 0.321 e. The second kappa shape index (κ2) is 11.8. The van der Waals surface area contributed by atoms with E-state index < -0.39 is 0 Å². The number of carbonyl (C=O) groups is 1. The van der Waals surface area contributed by atoms with E-state index in [-0.39, 0.29) is 6.03 Å². The van der Waals surface area contributed by atoms with Crippen LogP contribution in [0.25, 0.3) is 0 Å². The summed E-state index contributed by atoms with van der Waals surface area (Å²) in [4.78, 5) is 20.0. The van der Waals surface area contributed by atoms with Crippen LogP contribution >= 0.6 is 0 Å². The van der Waals surface area contributed by atoms with E-state index in [1.165, 1.54) is 83.8 Å². The van der Waals surface area contributed by atoms with Gasteiger partial charge in [0.05, 0.1) is 6.61 Å². The molecule has 1 N–H and O–H groups in total. The number of nitrogens with zero attached hydrogens (tertiary/aromatic N) is 3. The van der Waals surface area contributed by atoms with Gasteiger partial charge in [-0.05, 0) is 81.8 Å². The number of hydrogen-bond donors (Lipinski definition) is 1. The van der Waals surface area contributed by atoms with Crippen LogP contribution in [0.4, 0.5) is 10.5 Å². The number of carbonyl (C=O) groups excluding carboxylic acids is 1. The molecule has 4 fully saturated rings. The van der Waals surface area contributed by atoms with Gasteiger partial charge in [0.25, 0.3) is 0 Å². The minimum Gasteiger partial charge on any atom is -0.493 e. The van der Waals surface area contributed by atoms with Crippen LogP contribution in [0.2, 0.25) is 0 Å². The fourth-order valence-electron chi connectivity index (χ4n) is 6.68. The Hall–Kier alpha value is -1.79. The molecule has 0 aromatic heterocycles. The average molecular weight is 469 g/mol. The zero-order chi connectivity index (χ0) is 23.2. The summed E-state index contributed by atoms with van der Waals surface area (Å²) in [5, 5.41) is 3.08. The van der Waals surface area contributed by atoms with Gasteiger partial charge in [-0.25, -0.2) is 4.79 Å². The Labute approximate surface area is 206 Å². The number of piperazine rings is 1. The van der Waals surface area contributed by atoms with Crippen molar-refractivity contribution in [3.05, 3.63) is 24.3 Å². The van der Waals surface area contributed by atoms with Gasteiger partial charge in [-0.3, -0.25) is 9.80 Å². The highest BCUT2D eigenvalue weighted by Crippen LogP contribution is 2.31. The smallest absolute Gasteiger partial charge is 0.321 e. The topological polar surface area (TPSA) is 48.1 Å². The van der Waals surface area contributed by atoms with Crippen LogP contribution in [0.5, 0.6) is 5.75 Å². The van der Waals surface area contributed by atoms with E-state index in [0.717, 1.165) is 50.1 Å². The third-order valence-electron chi connectivity index (χ3n) is 8.70. The molecule has 0 bridgehead atoms. The molecular weight excluding hydrogens is 424 g/mol. The molecule has 0 radical (unpaired) electrons. The number of fused-ring (bicyclic) bond motifs is 1. The molecule has 5 rings (SSSR count). The third kappa shape index (κ3) is 6.25. The van der Waals surface area contributed by atoms with Gasteiger partial charge in [0.1, 0.15) is 5.75 Å². The Kier molecular flexibility index (Phi) is 8.28. The molecule has 34 heavy (non-hydrogen) atoms. The van der Waals surface area contributed by atoms with Gasteiger partial charge in [-0.2, -0.15) is 0 Å². The highest BCUT2D eigenvalue weighted by Gasteiger charge is 2.33. The number of anilines is 1. The van der Waals surface area contributed by atoms with Crippen molar-refractivity contribution in [2.45, 2.75) is 70.3 Å². The molecular formula is C28H44N4O2. The fourth-order valence-corrected chi connectivity index (χ4v) is 6.68. The second-order valence-corrected chi connectivity index (χ2v) is 11.1. The van der Waals surface area contributed by atoms with Crippen LogP contribution in [-0.4, -0.2) is 79.2 Å². The molecule has 6 heteroatoms. The monoisotopic (exact) mass is 468 g/mol. The summed E-state index contributed by atoms with van der Waals surface area (Å²) in [5.74, 6) is 2.42. The molecule has 4 aliphatic rings. The van der Waals surface area contributed by atoms with E-state index in [1.807, 2.05) is 29.2 Å². The van der Waals surface area contributed by atoms with Crippen LogP contribution in [-0.2, 0) is 0 Å². The molecule has 2 amide bonds. The van der Waals surface area contributed by atoms with E-state index in [4.69, 9.17) is 4.74 Å². The lowest BCUT2D eigenvalue weighted by molar-refractivity contribution is 0.0366. The van der Waals surface area contributed by atoms with E-state index in [9.17, 15) is 4.79 Å². The van der Waals surface area contributed by atoms with Crippen LogP contribution in [0.15, 0.2) is 24.3 Å². The van der Waals surface area contributed by atoms with Crippen molar-refractivity contribution in [3.8, 4) is 5.75 Å². The van der Waals surface area contributed by atoms with E-state index in [0.29, 0.717) is 12.0 Å². The van der Waals surface area contributed by atoms with Crippen molar-refractivity contribution < 1.29 is 9.53 Å². The Morgan fingerprint density at radius 3 is 2.35 bits per heavy atom. The highest BCUT2D eigenvalue weighted by molar-refractivity contribution is 5.89. The van der Waals surface area contributed by atoms with E-state index in [1.54, 1.807) is 0 Å². The quantitative estimate of drug-likeness (QED) is 0.634. The van der Waals surface area contributed by atoms with Gasteiger partial charge in [0.2, 0.25) is 0 Å². The molecule has 2 atom stereocenters. The largest absolute Gasteiger partial charge is 0.493 e. The second-order valence-electron chi connectivity index (χ2n) is 11.1. The normalized spacial score (nSPS) is 27.2. The standard InChI is InChI=1S/C28H44N4O2/c33-28(32-19-17-30(18-20-32)21-23-7-2-1-3-8-23)29-25-11-13-26(14-12-25)34-22-24-9-6-16-31-15-5-4-10-27(24)31/h11-14,23-24,27H,1-10,15-22H2,(H,29,33)/t24-,27+/m0/s1. The minimum absolute atomic E-state index is 0.0191. The van der Waals surface area contributed by atoms with Crippen molar-refractivity contribution >= 4 is 11.7 Å². The van der Waals surface area contributed by atoms with E-state index >= 15 is 0 Å². The summed E-state index contributed by atoms with van der Waals surface area (Å²) in [6.45, 7) is 8.19. The Balaban J connectivity index is 1.04. The van der Waals surface area contributed by atoms with Gasteiger partial charge in [-0.1, -0.05) is 25.7 Å².